The summed E-state index contributed by atoms with van der Waals surface area (Å²) < 4.78 is 2.65. The first kappa shape index (κ1) is 23.5. The lowest BCUT2D eigenvalue weighted by Crippen LogP contribution is -2.11. The lowest BCUT2D eigenvalue weighted by Gasteiger charge is -2.28. The molecule has 0 spiro atoms. The predicted molar refractivity (Wildman–Crippen MR) is 184 cm³/mol. The summed E-state index contributed by atoms with van der Waals surface area (Å²) in [7, 11) is 0. The van der Waals surface area contributed by atoms with Crippen LogP contribution in [-0.4, -0.2) is 0 Å². The third kappa shape index (κ3) is 3.43. The first-order chi connectivity index (χ1) is 20.8. The molecule has 0 fully saturated rings. The van der Waals surface area contributed by atoms with Crippen LogP contribution < -0.4 is 4.90 Å². The molecule has 9 aromatic rings. The second-order valence-corrected chi connectivity index (χ2v) is 12.0. The summed E-state index contributed by atoms with van der Waals surface area (Å²) in [6.07, 6.45) is 0. The molecule has 1 aromatic heterocycles. The summed E-state index contributed by atoms with van der Waals surface area (Å²) in [6.45, 7) is 0. The molecule has 0 aliphatic rings. The molecule has 8 aromatic carbocycles. The highest BCUT2D eigenvalue weighted by molar-refractivity contribution is 7.26. The Balaban J connectivity index is 1.42. The van der Waals surface area contributed by atoms with Gasteiger partial charge in [-0.05, 0) is 68.0 Å². The molecule has 0 N–H and O–H groups in total. The zero-order valence-electron chi connectivity index (χ0n) is 22.8. The van der Waals surface area contributed by atoms with Crippen molar-refractivity contribution in [2.45, 2.75) is 0 Å². The van der Waals surface area contributed by atoms with Gasteiger partial charge in [-0.25, -0.2) is 0 Å². The average Bonchev–Trinajstić information content (AvgIpc) is 3.45. The molecule has 0 saturated carbocycles. The largest absolute Gasteiger partial charge is 0.309 e. The van der Waals surface area contributed by atoms with Gasteiger partial charge in [0, 0.05) is 31.2 Å². The standard InChI is InChI=1S/C40H25NS/c1-2-13-29(14-3-1)41(35-19-10-20-37-39(35)34-24-23-27-12-5-7-16-31(27)40(34)42-37)36-25-28-22-21-26-11-4-6-15-30(26)38(28)33-18-9-8-17-32(33)36/h1-25H. The van der Waals surface area contributed by atoms with Crippen molar-refractivity contribution in [3.05, 3.63) is 152 Å². The molecule has 42 heavy (non-hydrogen) atoms. The summed E-state index contributed by atoms with van der Waals surface area (Å²) in [5.74, 6) is 0. The van der Waals surface area contributed by atoms with Gasteiger partial charge in [0.05, 0.1) is 11.4 Å². The minimum Gasteiger partial charge on any atom is -0.309 e. The van der Waals surface area contributed by atoms with Gasteiger partial charge in [-0.3, -0.25) is 0 Å². The Labute approximate surface area is 247 Å². The van der Waals surface area contributed by atoms with Crippen LogP contribution >= 0.6 is 11.3 Å². The lowest BCUT2D eigenvalue weighted by atomic mass is 9.94. The zero-order chi connectivity index (χ0) is 27.6. The fourth-order valence-corrected chi connectivity index (χ4v) is 8.01. The summed E-state index contributed by atoms with van der Waals surface area (Å²) >= 11 is 1.89. The van der Waals surface area contributed by atoms with E-state index in [9.17, 15) is 0 Å². The molecule has 0 radical (unpaired) electrons. The maximum absolute atomic E-state index is 2.47. The van der Waals surface area contributed by atoms with Crippen molar-refractivity contribution < 1.29 is 0 Å². The average molecular weight is 552 g/mol. The monoisotopic (exact) mass is 551 g/mol. The van der Waals surface area contributed by atoms with E-state index < -0.39 is 0 Å². The molecular weight excluding hydrogens is 527 g/mol. The van der Waals surface area contributed by atoms with Crippen LogP contribution in [0.5, 0.6) is 0 Å². The van der Waals surface area contributed by atoms with Gasteiger partial charge < -0.3 is 4.90 Å². The third-order valence-corrected chi connectivity index (χ3v) is 9.79. The van der Waals surface area contributed by atoms with Crippen molar-refractivity contribution in [1.82, 2.24) is 0 Å². The number of fused-ring (bicyclic) bond motifs is 10. The maximum Gasteiger partial charge on any atom is 0.0555 e. The van der Waals surface area contributed by atoms with Crippen molar-refractivity contribution in [3.63, 3.8) is 0 Å². The van der Waals surface area contributed by atoms with E-state index in [1.165, 1.54) is 74.6 Å². The van der Waals surface area contributed by atoms with Crippen LogP contribution in [0.15, 0.2) is 152 Å². The fraction of sp³-hybridized carbons (Fsp3) is 0. The van der Waals surface area contributed by atoms with E-state index in [1.807, 2.05) is 11.3 Å². The van der Waals surface area contributed by atoms with Crippen molar-refractivity contribution in [2.75, 3.05) is 4.90 Å². The number of hydrogen-bond acceptors (Lipinski definition) is 2. The predicted octanol–water partition coefficient (Wildman–Crippen LogP) is 12.1. The van der Waals surface area contributed by atoms with Gasteiger partial charge in [0.1, 0.15) is 0 Å². The highest BCUT2D eigenvalue weighted by atomic mass is 32.1. The van der Waals surface area contributed by atoms with Crippen LogP contribution in [0, 0.1) is 0 Å². The van der Waals surface area contributed by atoms with E-state index in [-0.39, 0.29) is 0 Å². The number of nitrogens with zero attached hydrogens (tertiary/aromatic N) is 1. The third-order valence-electron chi connectivity index (χ3n) is 8.59. The number of hydrogen-bond donors (Lipinski definition) is 0. The topological polar surface area (TPSA) is 3.24 Å². The minimum absolute atomic E-state index is 1.15. The molecule has 0 aliphatic heterocycles. The van der Waals surface area contributed by atoms with Gasteiger partial charge in [-0.2, -0.15) is 0 Å². The zero-order valence-corrected chi connectivity index (χ0v) is 23.6. The number of anilines is 3. The summed E-state index contributed by atoms with van der Waals surface area (Å²) in [4.78, 5) is 2.47. The second-order valence-electron chi connectivity index (χ2n) is 10.9. The van der Waals surface area contributed by atoms with Crippen molar-refractivity contribution in [1.29, 1.82) is 0 Å². The quantitative estimate of drug-likeness (QED) is 0.197. The van der Waals surface area contributed by atoms with E-state index in [2.05, 4.69) is 157 Å². The van der Waals surface area contributed by atoms with Gasteiger partial charge in [0.25, 0.3) is 0 Å². The molecular formula is C40H25NS. The van der Waals surface area contributed by atoms with Crippen molar-refractivity contribution in [2.24, 2.45) is 0 Å². The van der Waals surface area contributed by atoms with Crippen LogP contribution in [0.25, 0.3) is 63.3 Å². The van der Waals surface area contributed by atoms with E-state index in [0.29, 0.717) is 0 Å². The molecule has 2 heteroatoms. The summed E-state index contributed by atoms with van der Waals surface area (Å²) in [6, 6.07) is 55.4. The molecule has 0 bridgehead atoms. The van der Waals surface area contributed by atoms with Gasteiger partial charge in [0.2, 0.25) is 0 Å². The van der Waals surface area contributed by atoms with Crippen LogP contribution in [0.4, 0.5) is 17.1 Å². The molecule has 0 unspecified atom stereocenters. The second kappa shape index (κ2) is 9.17. The number of rotatable bonds is 3. The number of thiophene rings is 1. The molecule has 0 saturated heterocycles. The Morgan fingerprint density at radius 2 is 1.02 bits per heavy atom. The summed E-state index contributed by atoms with van der Waals surface area (Å²) in [5, 5.41) is 12.8. The molecule has 0 atom stereocenters. The first-order valence-corrected chi connectivity index (χ1v) is 15.2. The lowest BCUT2D eigenvalue weighted by molar-refractivity contribution is 1.32. The Morgan fingerprint density at radius 3 is 1.86 bits per heavy atom. The molecule has 196 valence electrons. The van der Waals surface area contributed by atoms with Crippen molar-refractivity contribution in [3.8, 4) is 0 Å². The number of para-hydroxylation sites is 1. The molecule has 0 aliphatic carbocycles. The highest BCUT2D eigenvalue weighted by Crippen LogP contribution is 2.49. The van der Waals surface area contributed by atoms with Crippen LogP contribution in [0.1, 0.15) is 0 Å². The Morgan fingerprint density at radius 1 is 0.381 bits per heavy atom. The highest BCUT2D eigenvalue weighted by Gasteiger charge is 2.22. The smallest absolute Gasteiger partial charge is 0.0555 e. The molecule has 1 heterocycles. The van der Waals surface area contributed by atoms with Gasteiger partial charge in [0.15, 0.2) is 0 Å². The van der Waals surface area contributed by atoms with E-state index in [0.717, 1.165) is 5.69 Å². The van der Waals surface area contributed by atoms with Crippen molar-refractivity contribution >= 4 is 91.7 Å². The van der Waals surface area contributed by atoms with Crippen LogP contribution in [0.3, 0.4) is 0 Å². The van der Waals surface area contributed by atoms with E-state index >= 15 is 0 Å². The SMILES string of the molecule is c1ccc(N(c2cc3ccc4ccccc4c3c3ccccc23)c2cccc3sc4c5ccccc5ccc4c23)cc1. The maximum atomic E-state index is 2.47. The molecule has 0 amide bonds. The van der Waals surface area contributed by atoms with E-state index in [4.69, 9.17) is 0 Å². The van der Waals surface area contributed by atoms with Gasteiger partial charge in [-0.1, -0.05) is 121 Å². The van der Waals surface area contributed by atoms with Crippen LogP contribution in [0.2, 0.25) is 0 Å². The first-order valence-electron chi connectivity index (χ1n) is 14.4. The Hall–Kier alpha value is -5.18. The van der Waals surface area contributed by atoms with Crippen LogP contribution in [-0.2, 0) is 0 Å². The Kier molecular flexibility index (Phi) is 5.13. The summed E-state index contributed by atoms with van der Waals surface area (Å²) in [5.41, 5.74) is 3.54. The van der Waals surface area contributed by atoms with Gasteiger partial charge in [-0.15, -0.1) is 11.3 Å². The van der Waals surface area contributed by atoms with Gasteiger partial charge >= 0.3 is 0 Å². The van der Waals surface area contributed by atoms with E-state index in [1.54, 1.807) is 0 Å². The molecule has 1 nitrogen and oxygen atoms in total. The minimum atomic E-state index is 1.15. The Bertz CT molecular complexity index is 2470. The normalized spacial score (nSPS) is 11.8. The molecule has 9 rings (SSSR count). The fourth-order valence-electron chi connectivity index (χ4n) is 6.75. The number of benzene rings is 8.